The van der Waals surface area contributed by atoms with E-state index in [-0.39, 0.29) is 0 Å². The molecular weight excluding hydrogens is 480 g/mol. The topological polar surface area (TPSA) is 0 Å². The number of hydrogen-bond donors (Lipinski definition) is 0. The Morgan fingerprint density at radius 3 is 1.23 bits per heavy atom. The van der Waals surface area contributed by atoms with Gasteiger partial charge in [-0.25, -0.2) is 0 Å². The predicted octanol–water partition coefficient (Wildman–Crippen LogP) is 13.1. The minimum Gasteiger partial charge on any atom is -0.0827 e. The van der Waals surface area contributed by atoms with Crippen molar-refractivity contribution in [1.29, 1.82) is 0 Å². The lowest BCUT2D eigenvalue weighted by Gasteiger charge is -2.23. The first-order valence-electron chi connectivity index (χ1n) is 16.8. The van der Waals surface area contributed by atoms with E-state index in [1.54, 1.807) is 11.1 Å². The highest BCUT2D eigenvalue weighted by Gasteiger charge is 2.17. The second kappa shape index (κ2) is 19.5. The van der Waals surface area contributed by atoms with E-state index in [4.69, 9.17) is 0 Å². The van der Waals surface area contributed by atoms with Crippen LogP contribution in [0.4, 0.5) is 0 Å². The Kier molecular flexibility index (Phi) is 17.8. The maximum atomic E-state index is 2.49. The van der Waals surface area contributed by atoms with E-state index in [1.165, 1.54) is 62.5 Å². The van der Waals surface area contributed by atoms with Crippen LogP contribution >= 0.6 is 0 Å². The molecule has 0 saturated heterocycles. The van der Waals surface area contributed by atoms with Crippen molar-refractivity contribution in [3.8, 4) is 0 Å². The zero-order chi connectivity index (χ0) is 30.2. The van der Waals surface area contributed by atoms with Crippen molar-refractivity contribution >= 4 is 0 Å². The molecule has 2 rings (SSSR count). The van der Waals surface area contributed by atoms with Crippen LogP contribution in [0.5, 0.6) is 0 Å². The standard InChI is InChI=1S/2C20H34/c2*1-15(2)7-10-19(13-16(3)4)14-18(6)20-11-8-17(5)9-12-20/h2*8,11-13,15,17-19H,7,9-10,14H2,1-6H3/t17?,18-,19?;/m0./s1. The third kappa shape index (κ3) is 16.6. The van der Waals surface area contributed by atoms with Crippen molar-refractivity contribution in [2.75, 3.05) is 0 Å². The van der Waals surface area contributed by atoms with Gasteiger partial charge in [0.1, 0.15) is 0 Å². The molecule has 2 aliphatic carbocycles. The summed E-state index contributed by atoms with van der Waals surface area (Å²) in [5.41, 5.74) is 6.04. The highest BCUT2D eigenvalue weighted by atomic mass is 14.2. The summed E-state index contributed by atoms with van der Waals surface area (Å²) in [4.78, 5) is 0. The lowest BCUT2D eigenvalue weighted by atomic mass is 9.83. The van der Waals surface area contributed by atoms with Crippen LogP contribution in [0.15, 0.2) is 70.9 Å². The van der Waals surface area contributed by atoms with Gasteiger partial charge in [0.2, 0.25) is 0 Å². The Balaban J connectivity index is 0.000000400. The average Bonchev–Trinajstić information content (AvgIpc) is 2.86. The Labute approximate surface area is 252 Å². The van der Waals surface area contributed by atoms with Gasteiger partial charge in [0.15, 0.2) is 0 Å². The molecule has 228 valence electrons. The largest absolute Gasteiger partial charge is 0.0827 e. The van der Waals surface area contributed by atoms with Gasteiger partial charge in [0.05, 0.1) is 0 Å². The molecule has 0 fully saturated rings. The molecule has 0 aromatic carbocycles. The summed E-state index contributed by atoms with van der Waals surface area (Å²) < 4.78 is 0. The van der Waals surface area contributed by atoms with E-state index in [1.807, 2.05) is 0 Å². The molecule has 5 unspecified atom stereocenters. The van der Waals surface area contributed by atoms with Gasteiger partial charge in [0, 0.05) is 0 Å². The fourth-order valence-electron chi connectivity index (χ4n) is 5.98. The second-order valence-electron chi connectivity index (χ2n) is 14.8. The van der Waals surface area contributed by atoms with Crippen molar-refractivity contribution in [3.63, 3.8) is 0 Å². The molecule has 0 saturated carbocycles. The van der Waals surface area contributed by atoms with Crippen molar-refractivity contribution in [2.24, 2.45) is 47.3 Å². The van der Waals surface area contributed by atoms with Gasteiger partial charge in [-0.3, -0.25) is 0 Å². The molecule has 0 heteroatoms. The smallest absolute Gasteiger partial charge is 0.0188 e. The Morgan fingerprint density at radius 2 is 0.975 bits per heavy atom. The van der Waals surface area contributed by atoms with Crippen molar-refractivity contribution < 1.29 is 0 Å². The predicted molar refractivity (Wildman–Crippen MR) is 184 cm³/mol. The zero-order valence-electron chi connectivity index (χ0n) is 28.9. The number of hydrogen-bond acceptors (Lipinski definition) is 0. The van der Waals surface area contributed by atoms with Crippen LogP contribution < -0.4 is 0 Å². The maximum Gasteiger partial charge on any atom is -0.0188 e. The molecule has 6 atom stereocenters. The van der Waals surface area contributed by atoms with Crippen LogP contribution in [-0.4, -0.2) is 0 Å². The highest BCUT2D eigenvalue weighted by Crippen LogP contribution is 2.31. The van der Waals surface area contributed by atoms with E-state index < -0.39 is 0 Å². The highest BCUT2D eigenvalue weighted by molar-refractivity contribution is 5.26. The van der Waals surface area contributed by atoms with Gasteiger partial charge >= 0.3 is 0 Å². The van der Waals surface area contributed by atoms with Crippen LogP contribution in [-0.2, 0) is 0 Å². The molecule has 0 nitrogen and oxygen atoms in total. The summed E-state index contributed by atoms with van der Waals surface area (Å²) in [6.07, 6.45) is 29.7. The molecule has 0 aromatic rings. The monoisotopic (exact) mass is 549 g/mol. The van der Waals surface area contributed by atoms with Crippen LogP contribution in [0.1, 0.15) is 134 Å². The molecule has 0 aromatic heterocycles. The summed E-state index contributed by atoms with van der Waals surface area (Å²) in [6.45, 7) is 27.6. The Morgan fingerprint density at radius 1 is 0.625 bits per heavy atom. The minimum absolute atomic E-state index is 0.687. The lowest BCUT2D eigenvalue weighted by molar-refractivity contribution is 0.420. The first-order chi connectivity index (χ1) is 18.8. The molecular formula is C40H68. The summed E-state index contributed by atoms with van der Waals surface area (Å²) in [5, 5.41) is 0. The number of allylic oxidation sites excluding steroid dienone is 12. The van der Waals surface area contributed by atoms with Crippen molar-refractivity contribution in [2.45, 2.75) is 134 Å². The fourth-order valence-corrected chi connectivity index (χ4v) is 5.98. The molecule has 0 aliphatic heterocycles. The van der Waals surface area contributed by atoms with Crippen LogP contribution in [0.2, 0.25) is 0 Å². The van der Waals surface area contributed by atoms with Crippen LogP contribution in [0.3, 0.4) is 0 Å². The molecule has 0 bridgehead atoms. The molecule has 0 heterocycles. The molecule has 0 radical (unpaired) electrons. The van der Waals surface area contributed by atoms with E-state index in [0.717, 1.165) is 35.5 Å². The first kappa shape index (κ1) is 36.5. The van der Waals surface area contributed by atoms with E-state index >= 15 is 0 Å². The molecule has 0 spiro atoms. The SMILES string of the molecule is CC(C)=CC(CCC(C)C)CC(C)C1=CCC(C)C=C1.CC(C)=CC(CCC(C)C)C[C@H](C)C1=CCC(C)C=C1. The van der Waals surface area contributed by atoms with E-state index in [9.17, 15) is 0 Å². The summed E-state index contributed by atoms with van der Waals surface area (Å²) in [6, 6.07) is 0. The van der Waals surface area contributed by atoms with E-state index in [0.29, 0.717) is 11.8 Å². The quantitative estimate of drug-likeness (QED) is 0.189. The zero-order valence-corrected chi connectivity index (χ0v) is 28.9. The summed E-state index contributed by atoms with van der Waals surface area (Å²) >= 11 is 0. The first-order valence-corrected chi connectivity index (χ1v) is 16.8. The normalized spacial score (nSPS) is 21.6. The van der Waals surface area contributed by atoms with Gasteiger partial charge in [-0.15, -0.1) is 0 Å². The Bertz CT molecular complexity index is 801. The number of rotatable bonds is 14. The van der Waals surface area contributed by atoms with Gasteiger partial charge in [-0.05, 0) is 125 Å². The molecule has 0 N–H and O–H groups in total. The van der Waals surface area contributed by atoms with Crippen LogP contribution in [0, 0.1) is 47.3 Å². The minimum atomic E-state index is 0.687. The summed E-state index contributed by atoms with van der Waals surface area (Å²) in [5.74, 6) is 5.93. The van der Waals surface area contributed by atoms with Gasteiger partial charge in [-0.2, -0.15) is 0 Å². The molecule has 0 amide bonds. The fraction of sp³-hybridized carbons (Fsp3) is 0.700. The van der Waals surface area contributed by atoms with Crippen LogP contribution in [0.25, 0.3) is 0 Å². The third-order valence-corrected chi connectivity index (χ3v) is 8.50. The summed E-state index contributed by atoms with van der Waals surface area (Å²) in [7, 11) is 0. The maximum absolute atomic E-state index is 2.49. The van der Waals surface area contributed by atoms with Crippen molar-refractivity contribution in [1.82, 2.24) is 0 Å². The van der Waals surface area contributed by atoms with Gasteiger partial charge < -0.3 is 0 Å². The second-order valence-corrected chi connectivity index (χ2v) is 14.8. The van der Waals surface area contributed by atoms with Gasteiger partial charge in [0.25, 0.3) is 0 Å². The van der Waals surface area contributed by atoms with E-state index in [2.05, 4.69) is 132 Å². The molecule has 2 aliphatic rings. The Hall–Kier alpha value is -1.56. The average molecular weight is 549 g/mol. The van der Waals surface area contributed by atoms with Crippen molar-refractivity contribution in [3.05, 3.63) is 70.9 Å². The van der Waals surface area contributed by atoms with Gasteiger partial charge in [-0.1, -0.05) is 128 Å². The lowest BCUT2D eigenvalue weighted by Crippen LogP contribution is -2.09. The third-order valence-electron chi connectivity index (χ3n) is 8.50. The molecule has 40 heavy (non-hydrogen) atoms.